The molecule has 0 saturated heterocycles. The molecule has 5 rings (SSSR count). The number of aryl methyl sites for hydroxylation is 1. The van der Waals surface area contributed by atoms with Crippen molar-refractivity contribution in [2.45, 2.75) is 6.92 Å². The van der Waals surface area contributed by atoms with Crippen molar-refractivity contribution in [2.75, 3.05) is 5.32 Å². The number of nitrogens with zero attached hydrogens (tertiary/aromatic N) is 5. The van der Waals surface area contributed by atoms with Gasteiger partial charge in [-0.05, 0) is 43.3 Å². The number of anilines is 2. The monoisotopic (exact) mass is 402 g/mol. The van der Waals surface area contributed by atoms with Gasteiger partial charge in [0.05, 0.1) is 11.4 Å². The van der Waals surface area contributed by atoms with E-state index in [0.717, 1.165) is 27.5 Å². The Labute approximate surface area is 169 Å². The Hall–Kier alpha value is -3.65. The Morgan fingerprint density at radius 1 is 0.897 bits per heavy atom. The Bertz CT molecular complexity index is 1270. The van der Waals surface area contributed by atoms with E-state index in [0.29, 0.717) is 11.8 Å². The van der Waals surface area contributed by atoms with E-state index in [9.17, 15) is 4.39 Å². The van der Waals surface area contributed by atoms with Crippen LogP contribution in [0.2, 0.25) is 0 Å². The van der Waals surface area contributed by atoms with E-state index in [1.54, 1.807) is 16.6 Å². The molecule has 0 amide bonds. The quantitative estimate of drug-likeness (QED) is 0.453. The van der Waals surface area contributed by atoms with Gasteiger partial charge in [0.1, 0.15) is 5.82 Å². The highest BCUT2D eigenvalue weighted by Gasteiger charge is 2.12. The first-order valence-corrected chi connectivity index (χ1v) is 9.82. The molecule has 0 spiro atoms. The second-order valence-corrected chi connectivity index (χ2v) is 7.39. The lowest BCUT2D eigenvalue weighted by atomic mass is 10.1. The van der Waals surface area contributed by atoms with E-state index in [1.165, 1.54) is 29.0 Å². The summed E-state index contributed by atoms with van der Waals surface area (Å²) in [6, 6.07) is 18.2. The second kappa shape index (κ2) is 7.06. The molecule has 142 valence electrons. The van der Waals surface area contributed by atoms with Crippen molar-refractivity contribution in [1.82, 2.24) is 24.8 Å². The molecule has 5 aromatic rings. The molecule has 0 radical (unpaired) electrons. The van der Waals surface area contributed by atoms with Crippen LogP contribution in [-0.4, -0.2) is 24.8 Å². The molecule has 3 heterocycles. The SMILES string of the molecule is Cc1ccc(-c2ccc(Nc3nc4scc(-c5ccc(F)cc5)n4n3)nn2)cc1. The molecular formula is C21H15FN6S. The molecular weight excluding hydrogens is 387 g/mol. The summed E-state index contributed by atoms with van der Waals surface area (Å²) < 4.78 is 14.9. The summed E-state index contributed by atoms with van der Waals surface area (Å²) >= 11 is 1.46. The van der Waals surface area contributed by atoms with E-state index in [-0.39, 0.29) is 5.82 Å². The van der Waals surface area contributed by atoms with Crippen LogP contribution in [-0.2, 0) is 0 Å². The van der Waals surface area contributed by atoms with E-state index < -0.39 is 0 Å². The molecule has 0 saturated carbocycles. The molecule has 0 aliphatic heterocycles. The summed E-state index contributed by atoms with van der Waals surface area (Å²) in [5.41, 5.74) is 4.74. The molecule has 0 unspecified atom stereocenters. The number of aromatic nitrogens is 5. The Balaban J connectivity index is 1.39. The molecule has 0 atom stereocenters. The van der Waals surface area contributed by atoms with Crippen LogP contribution >= 0.6 is 11.3 Å². The molecule has 6 nitrogen and oxygen atoms in total. The van der Waals surface area contributed by atoms with Crippen LogP contribution in [0.5, 0.6) is 0 Å². The number of hydrogen-bond donors (Lipinski definition) is 1. The molecule has 2 aromatic carbocycles. The fourth-order valence-corrected chi connectivity index (χ4v) is 3.78. The van der Waals surface area contributed by atoms with Crippen molar-refractivity contribution in [2.24, 2.45) is 0 Å². The summed E-state index contributed by atoms with van der Waals surface area (Å²) in [5.74, 6) is 0.717. The highest BCUT2D eigenvalue weighted by molar-refractivity contribution is 7.15. The van der Waals surface area contributed by atoms with Crippen LogP contribution in [0.25, 0.3) is 27.5 Å². The average molecular weight is 402 g/mol. The van der Waals surface area contributed by atoms with Crippen molar-refractivity contribution in [3.05, 3.63) is 77.4 Å². The van der Waals surface area contributed by atoms with Gasteiger partial charge in [0.25, 0.3) is 0 Å². The zero-order valence-corrected chi connectivity index (χ0v) is 16.2. The third kappa shape index (κ3) is 3.45. The van der Waals surface area contributed by atoms with E-state index >= 15 is 0 Å². The molecule has 0 fully saturated rings. The first-order valence-electron chi connectivity index (χ1n) is 8.94. The number of thiazole rings is 1. The minimum absolute atomic E-state index is 0.270. The van der Waals surface area contributed by atoms with Gasteiger partial charge in [0.15, 0.2) is 5.82 Å². The van der Waals surface area contributed by atoms with Gasteiger partial charge in [0, 0.05) is 16.5 Å². The lowest BCUT2D eigenvalue weighted by Gasteiger charge is -2.03. The molecule has 8 heteroatoms. The fourth-order valence-electron chi connectivity index (χ4n) is 2.95. The van der Waals surface area contributed by atoms with E-state index in [4.69, 9.17) is 0 Å². The molecule has 0 aliphatic rings. The number of rotatable bonds is 4. The van der Waals surface area contributed by atoms with Crippen LogP contribution in [0.15, 0.2) is 66.0 Å². The Morgan fingerprint density at radius 2 is 1.66 bits per heavy atom. The molecule has 0 aliphatic carbocycles. The molecule has 3 aromatic heterocycles. The number of hydrogen-bond acceptors (Lipinski definition) is 6. The van der Waals surface area contributed by atoms with Crippen LogP contribution in [0.1, 0.15) is 5.56 Å². The Morgan fingerprint density at radius 3 is 2.38 bits per heavy atom. The average Bonchev–Trinajstić information content (AvgIpc) is 3.30. The van der Waals surface area contributed by atoms with Crippen LogP contribution in [0, 0.1) is 12.7 Å². The van der Waals surface area contributed by atoms with Gasteiger partial charge < -0.3 is 5.32 Å². The topological polar surface area (TPSA) is 68.0 Å². The van der Waals surface area contributed by atoms with Crippen LogP contribution < -0.4 is 5.32 Å². The molecule has 0 bridgehead atoms. The maximum absolute atomic E-state index is 13.2. The molecule has 29 heavy (non-hydrogen) atoms. The summed E-state index contributed by atoms with van der Waals surface area (Å²) in [6.45, 7) is 2.05. The number of benzene rings is 2. The summed E-state index contributed by atoms with van der Waals surface area (Å²) in [6.07, 6.45) is 0. The van der Waals surface area contributed by atoms with E-state index in [1.807, 2.05) is 48.7 Å². The van der Waals surface area contributed by atoms with Crippen molar-refractivity contribution < 1.29 is 4.39 Å². The van der Waals surface area contributed by atoms with Crippen molar-refractivity contribution in [3.8, 4) is 22.5 Å². The minimum atomic E-state index is -0.270. The predicted molar refractivity (Wildman–Crippen MR) is 112 cm³/mol. The van der Waals surface area contributed by atoms with Gasteiger partial charge >= 0.3 is 0 Å². The minimum Gasteiger partial charge on any atom is -0.306 e. The summed E-state index contributed by atoms with van der Waals surface area (Å²) in [4.78, 5) is 5.21. The number of nitrogens with one attached hydrogen (secondary N) is 1. The standard InChI is InChI=1S/C21H15FN6S/c1-13-2-4-14(5-3-13)17-10-11-19(26-25-17)23-20-24-21-28(27-20)18(12-29-21)15-6-8-16(22)9-7-15/h2-12H,1H3,(H,23,26,27). The maximum Gasteiger partial charge on any atom is 0.249 e. The van der Waals surface area contributed by atoms with Crippen LogP contribution in [0.3, 0.4) is 0 Å². The zero-order chi connectivity index (χ0) is 19.8. The lowest BCUT2D eigenvalue weighted by molar-refractivity contribution is 0.628. The number of fused-ring (bicyclic) bond motifs is 1. The lowest BCUT2D eigenvalue weighted by Crippen LogP contribution is -1.98. The second-order valence-electron chi connectivity index (χ2n) is 6.55. The molecule has 1 N–H and O–H groups in total. The summed E-state index contributed by atoms with van der Waals surface area (Å²) in [7, 11) is 0. The van der Waals surface area contributed by atoms with Crippen molar-refractivity contribution in [1.29, 1.82) is 0 Å². The van der Waals surface area contributed by atoms with Gasteiger partial charge in [-0.2, -0.15) is 4.98 Å². The highest BCUT2D eigenvalue weighted by atomic mass is 32.1. The third-order valence-electron chi connectivity index (χ3n) is 4.47. The van der Waals surface area contributed by atoms with Gasteiger partial charge in [0.2, 0.25) is 10.9 Å². The fraction of sp³-hybridized carbons (Fsp3) is 0.0476. The normalized spacial score (nSPS) is 11.1. The van der Waals surface area contributed by atoms with Crippen molar-refractivity contribution in [3.63, 3.8) is 0 Å². The number of halogens is 1. The van der Waals surface area contributed by atoms with Gasteiger partial charge in [-0.1, -0.05) is 29.8 Å². The highest BCUT2D eigenvalue weighted by Crippen LogP contribution is 2.26. The summed E-state index contributed by atoms with van der Waals surface area (Å²) in [5, 5.41) is 18.0. The largest absolute Gasteiger partial charge is 0.306 e. The van der Waals surface area contributed by atoms with Crippen molar-refractivity contribution >= 4 is 28.1 Å². The Kier molecular flexibility index (Phi) is 4.25. The van der Waals surface area contributed by atoms with Crippen LogP contribution in [0.4, 0.5) is 16.2 Å². The zero-order valence-electron chi connectivity index (χ0n) is 15.4. The van der Waals surface area contributed by atoms with E-state index in [2.05, 4.69) is 25.6 Å². The smallest absolute Gasteiger partial charge is 0.249 e. The third-order valence-corrected chi connectivity index (χ3v) is 5.29. The first kappa shape index (κ1) is 17.4. The van der Waals surface area contributed by atoms with Gasteiger partial charge in [-0.15, -0.1) is 26.6 Å². The predicted octanol–water partition coefficient (Wildman–Crippen LogP) is 5.11. The maximum atomic E-state index is 13.2. The van der Waals surface area contributed by atoms with Gasteiger partial charge in [-0.25, -0.2) is 8.91 Å². The first-order chi connectivity index (χ1) is 14.2. The van der Waals surface area contributed by atoms with Gasteiger partial charge in [-0.3, -0.25) is 0 Å².